The van der Waals surface area contributed by atoms with Crippen LogP contribution in [0.25, 0.3) is 10.9 Å². The molecular formula is C15H17BrN2O3. The van der Waals surface area contributed by atoms with Gasteiger partial charge in [0, 0.05) is 18.8 Å². The summed E-state index contributed by atoms with van der Waals surface area (Å²) in [5, 5.41) is 1.36. The van der Waals surface area contributed by atoms with E-state index in [0.717, 1.165) is 24.6 Å². The molecular weight excluding hydrogens is 336 g/mol. The van der Waals surface area contributed by atoms with E-state index in [1.807, 2.05) is 0 Å². The van der Waals surface area contributed by atoms with Crippen molar-refractivity contribution in [1.29, 1.82) is 0 Å². The number of alkyl halides is 1. The maximum Gasteiger partial charge on any atom is 0.348 e. The Bertz CT molecular complexity index is 684. The summed E-state index contributed by atoms with van der Waals surface area (Å²) in [6.45, 7) is 0. The van der Waals surface area contributed by atoms with Crippen molar-refractivity contribution >= 4 is 38.8 Å². The van der Waals surface area contributed by atoms with Gasteiger partial charge in [0.05, 0.1) is 10.9 Å². The molecule has 2 rings (SSSR count). The fraction of sp³-hybridized carbons (Fsp3) is 0.400. The molecule has 0 atom stereocenters. The second kappa shape index (κ2) is 7.36. The zero-order valence-electron chi connectivity index (χ0n) is 11.8. The van der Waals surface area contributed by atoms with Crippen molar-refractivity contribution in [3.63, 3.8) is 0 Å². The van der Waals surface area contributed by atoms with Gasteiger partial charge < -0.3 is 4.42 Å². The Morgan fingerprint density at radius 3 is 2.81 bits per heavy atom. The summed E-state index contributed by atoms with van der Waals surface area (Å²) < 4.78 is 5.13. The Labute approximate surface area is 131 Å². The number of rotatable bonds is 6. The number of carbonyl (C=O) groups excluding carboxylic acids is 1. The van der Waals surface area contributed by atoms with Crippen molar-refractivity contribution in [1.82, 2.24) is 4.98 Å². The maximum absolute atomic E-state index is 12.1. The van der Waals surface area contributed by atoms with Crippen molar-refractivity contribution in [3.05, 3.63) is 34.7 Å². The third-order valence-electron chi connectivity index (χ3n) is 3.21. The van der Waals surface area contributed by atoms with E-state index in [2.05, 4.69) is 20.9 Å². The van der Waals surface area contributed by atoms with Crippen LogP contribution in [-0.4, -0.2) is 23.3 Å². The highest BCUT2D eigenvalue weighted by atomic mass is 79.9. The Morgan fingerprint density at radius 2 is 2.05 bits per heavy atom. The second-order valence-corrected chi connectivity index (χ2v) is 5.55. The predicted octanol–water partition coefficient (Wildman–Crippen LogP) is 3.11. The van der Waals surface area contributed by atoms with Gasteiger partial charge in [-0.3, -0.25) is 9.69 Å². The van der Waals surface area contributed by atoms with Crippen LogP contribution in [0.5, 0.6) is 0 Å². The Kier molecular flexibility index (Phi) is 5.50. The molecule has 5 nitrogen and oxygen atoms in total. The Hall–Kier alpha value is -1.69. The van der Waals surface area contributed by atoms with E-state index in [1.165, 1.54) is 4.90 Å². The van der Waals surface area contributed by atoms with Crippen molar-refractivity contribution < 1.29 is 9.21 Å². The molecule has 1 heterocycles. The standard InChI is InChI=1S/C15H17BrN2O3/c1-18(13(19)9-3-2-6-10-16)15-17-12-8-5-4-7-11(12)14(20)21-15/h4-5,7-8H,2-3,6,9-10H2,1H3. The van der Waals surface area contributed by atoms with E-state index in [1.54, 1.807) is 31.3 Å². The maximum atomic E-state index is 12.1. The van der Waals surface area contributed by atoms with Crippen LogP contribution in [-0.2, 0) is 4.79 Å². The average Bonchev–Trinajstić information content (AvgIpc) is 2.50. The predicted molar refractivity (Wildman–Crippen MR) is 86.0 cm³/mol. The quantitative estimate of drug-likeness (QED) is 0.591. The zero-order valence-corrected chi connectivity index (χ0v) is 13.4. The number of aromatic nitrogens is 1. The molecule has 6 heteroatoms. The minimum Gasteiger partial charge on any atom is -0.388 e. The largest absolute Gasteiger partial charge is 0.388 e. The van der Waals surface area contributed by atoms with Crippen LogP contribution in [0.2, 0.25) is 0 Å². The molecule has 0 radical (unpaired) electrons. The number of nitrogens with zero attached hydrogens (tertiary/aromatic N) is 2. The number of halogens is 1. The number of anilines is 1. The van der Waals surface area contributed by atoms with Gasteiger partial charge >= 0.3 is 11.6 Å². The summed E-state index contributed by atoms with van der Waals surface area (Å²) >= 11 is 3.36. The molecule has 1 aromatic heterocycles. The SMILES string of the molecule is CN(C(=O)CCCCCBr)c1nc2ccccc2c(=O)o1. The topological polar surface area (TPSA) is 63.4 Å². The van der Waals surface area contributed by atoms with Crippen molar-refractivity contribution in [3.8, 4) is 0 Å². The number of hydrogen-bond acceptors (Lipinski definition) is 4. The number of benzene rings is 1. The molecule has 0 N–H and O–H groups in total. The number of unbranched alkanes of at least 4 members (excludes halogenated alkanes) is 2. The first-order valence-corrected chi connectivity index (χ1v) is 7.98. The first-order valence-electron chi connectivity index (χ1n) is 6.86. The number of carbonyl (C=O) groups is 1. The molecule has 1 amide bonds. The highest BCUT2D eigenvalue weighted by Gasteiger charge is 2.16. The number of amides is 1. The summed E-state index contributed by atoms with van der Waals surface area (Å²) in [5.74, 6) is -0.101. The van der Waals surface area contributed by atoms with Crippen molar-refractivity contribution in [2.75, 3.05) is 17.3 Å². The lowest BCUT2D eigenvalue weighted by Crippen LogP contribution is -2.27. The molecule has 0 unspecified atom stereocenters. The molecule has 1 aromatic carbocycles. The zero-order chi connectivity index (χ0) is 15.2. The third-order valence-corrected chi connectivity index (χ3v) is 3.77. The van der Waals surface area contributed by atoms with Gasteiger partial charge in [0.15, 0.2) is 0 Å². The van der Waals surface area contributed by atoms with Gasteiger partial charge in [0.2, 0.25) is 5.91 Å². The van der Waals surface area contributed by atoms with Gasteiger partial charge in [-0.05, 0) is 25.0 Å². The normalized spacial score (nSPS) is 10.8. The van der Waals surface area contributed by atoms with Crippen LogP contribution in [0.1, 0.15) is 25.7 Å². The molecule has 0 bridgehead atoms. The van der Waals surface area contributed by atoms with E-state index < -0.39 is 5.63 Å². The van der Waals surface area contributed by atoms with E-state index in [4.69, 9.17) is 4.42 Å². The highest BCUT2D eigenvalue weighted by molar-refractivity contribution is 9.09. The van der Waals surface area contributed by atoms with Crippen LogP contribution in [0.4, 0.5) is 6.01 Å². The van der Waals surface area contributed by atoms with Gasteiger partial charge in [0.1, 0.15) is 0 Å². The minimum absolute atomic E-state index is 0.0455. The Morgan fingerprint density at radius 1 is 1.29 bits per heavy atom. The van der Waals surface area contributed by atoms with E-state index in [-0.39, 0.29) is 11.9 Å². The van der Waals surface area contributed by atoms with Crippen LogP contribution < -0.4 is 10.5 Å². The molecule has 21 heavy (non-hydrogen) atoms. The average molecular weight is 353 g/mol. The van der Waals surface area contributed by atoms with Crippen LogP contribution in [0, 0.1) is 0 Å². The van der Waals surface area contributed by atoms with Crippen molar-refractivity contribution in [2.45, 2.75) is 25.7 Å². The van der Waals surface area contributed by atoms with E-state index in [0.29, 0.717) is 17.3 Å². The van der Waals surface area contributed by atoms with Crippen molar-refractivity contribution in [2.24, 2.45) is 0 Å². The Balaban J connectivity index is 2.13. The first-order chi connectivity index (χ1) is 10.1. The molecule has 2 aromatic rings. The fourth-order valence-corrected chi connectivity index (χ4v) is 2.37. The van der Waals surface area contributed by atoms with Gasteiger partial charge in [-0.1, -0.05) is 34.5 Å². The molecule has 0 aliphatic heterocycles. The third kappa shape index (κ3) is 3.91. The summed E-state index contributed by atoms with van der Waals surface area (Å²) in [6, 6.07) is 6.97. The smallest absolute Gasteiger partial charge is 0.348 e. The monoisotopic (exact) mass is 352 g/mol. The lowest BCUT2D eigenvalue weighted by atomic mass is 10.2. The van der Waals surface area contributed by atoms with E-state index >= 15 is 0 Å². The fourth-order valence-electron chi connectivity index (χ4n) is 1.97. The summed E-state index contributed by atoms with van der Waals surface area (Å²) in [7, 11) is 1.58. The summed E-state index contributed by atoms with van der Waals surface area (Å²) in [4.78, 5) is 29.5. The molecule has 0 spiro atoms. The molecule has 0 aliphatic rings. The molecule has 0 fully saturated rings. The molecule has 0 aliphatic carbocycles. The van der Waals surface area contributed by atoms with Gasteiger partial charge in [-0.25, -0.2) is 4.79 Å². The number of hydrogen-bond donors (Lipinski definition) is 0. The highest BCUT2D eigenvalue weighted by Crippen LogP contribution is 2.14. The van der Waals surface area contributed by atoms with E-state index in [9.17, 15) is 9.59 Å². The first kappa shape index (κ1) is 15.7. The van der Waals surface area contributed by atoms with Crippen LogP contribution in [0.3, 0.4) is 0 Å². The lowest BCUT2D eigenvalue weighted by molar-refractivity contribution is -0.118. The number of para-hydroxylation sites is 1. The van der Waals surface area contributed by atoms with Gasteiger partial charge in [-0.2, -0.15) is 4.98 Å². The van der Waals surface area contributed by atoms with Crippen LogP contribution >= 0.6 is 15.9 Å². The minimum atomic E-state index is -0.477. The summed E-state index contributed by atoms with van der Waals surface area (Å²) in [6.07, 6.45) is 3.26. The number of fused-ring (bicyclic) bond motifs is 1. The molecule has 0 saturated carbocycles. The molecule has 0 saturated heterocycles. The second-order valence-electron chi connectivity index (χ2n) is 4.75. The summed E-state index contributed by atoms with van der Waals surface area (Å²) in [5.41, 5.74) is 0.0530. The lowest BCUT2D eigenvalue weighted by Gasteiger charge is -2.14. The van der Waals surface area contributed by atoms with Gasteiger partial charge in [0.25, 0.3) is 0 Å². The van der Waals surface area contributed by atoms with Crippen LogP contribution in [0.15, 0.2) is 33.5 Å². The van der Waals surface area contributed by atoms with Gasteiger partial charge in [-0.15, -0.1) is 0 Å². The molecule has 112 valence electrons.